The van der Waals surface area contributed by atoms with E-state index in [2.05, 4.69) is 20.4 Å². The van der Waals surface area contributed by atoms with Gasteiger partial charge in [0, 0.05) is 19.3 Å². The fraction of sp³-hybridized carbons (Fsp3) is 0.278. The Balaban J connectivity index is 2.05. The highest BCUT2D eigenvalue weighted by molar-refractivity contribution is 6.44. The van der Waals surface area contributed by atoms with Crippen LogP contribution in [0.3, 0.4) is 0 Å². The number of hydrogen-bond acceptors (Lipinski definition) is 5. The van der Waals surface area contributed by atoms with Gasteiger partial charge < -0.3 is 14.9 Å². The molecule has 0 radical (unpaired) electrons. The van der Waals surface area contributed by atoms with Gasteiger partial charge >= 0.3 is 0 Å². The third-order valence-corrected chi connectivity index (χ3v) is 3.59. The van der Waals surface area contributed by atoms with Crippen molar-refractivity contribution in [1.29, 1.82) is 0 Å². The first-order chi connectivity index (χ1) is 12.5. The van der Waals surface area contributed by atoms with Gasteiger partial charge in [-0.05, 0) is 49.3 Å². The Kier molecular flexibility index (Phi) is 6.48. The van der Waals surface area contributed by atoms with Crippen LogP contribution in [0.1, 0.15) is 12.5 Å². The van der Waals surface area contributed by atoms with Crippen molar-refractivity contribution in [2.45, 2.75) is 13.8 Å². The number of amides is 1. The topological polar surface area (TPSA) is 77.7 Å². The van der Waals surface area contributed by atoms with Crippen molar-refractivity contribution in [2.75, 3.05) is 20.8 Å². The van der Waals surface area contributed by atoms with E-state index in [-0.39, 0.29) is 24.0 Å². The minimum atomic E-state index is -0.350. The lowest BCUT2D eigenvalue weighted by atomic mass is 10.1. The molecule has 0 atom stereocenters. The van der Waals surface area contributed by atoms with E-state index in [1.54, 1.807) is 36.0 Å². The van der Waals surface area contributed by atoms with Crippen molar-refractivity contribution in [3.8, 4) is 11.6 Å². The maximum absolute atomic E-state index is 13.2. The summed E-state index contributed by atoms with van der Waals surface area (Å²) in [7, 11) is 2.89. The fourth-order valence-corrected chi connectivity index (χ4v) is 2.25. The number of nitrogens with one attached hydrogen (secondary N) is 1. The molecule has 0 fully saturated rings. The summed E-state index contributed by atoms with van der Waals surface area (Å²) in [5.41, 5.74) is 2.31. The van der Waals surface area contributed by atoms with Crippen LogP contribution in [0.2, 0.25) is 0 Å². The first kappa shape index (κ1) is 19.2. The molecular weight excluding hydrogens is 339 g/mol. The molecule has 7 nitrogen and oxygen atoms in total. The molecule has 8 heteroatoms. The molecule has 1 aromatic carbocycles. The maximum atomic E-state index is 13.2. The van der Waals surface area contributed by atoms with Gasteiger partial charge in [0.25, 0.3) is 5.91 Å². The van der Waals surface area contributed by atoms with Crippen LogP contribution in [0.4, 0.5) is 4.39 Å². The average molecular weight is 360 g/mol. The van der Waals surface area contributed by atoms with Crippen LogP contribution < -0.4 is 10.1 Å². The Bertz CT molecular complexity index is 843. The molecule has 0 aliphatic heterocycles. The van der Waals surface area contributed by atoms with Crippen LogP contribution in [0.25, 0.3) is 5.69 Å². The van der Waals surface area contributed by atoms with Gasteiger partial charge in [0.1, 0.15) is 19.5 Å². The second-order valence-corrected chi connectivity index (χ2v) is 5.43. The Morgan fingerprint density at radius 1 is 1.42 bits per heavy atom. The van der Waals surface area contributed by atoms with Gasteiger partial charge in [0.15, 0.2) is 5.71 Å². The Hall–Kier alpha value is -3.16. The number of hydrogen-bond donors (Lipinski definition) is 1. The van der Waals surface area contributed by atoms with Crippen molar-refractivity contribution >= 4 is 11.6 Å². The first-order valence-corrected chi connectivity index (χ1v) is 7.91. The molecule has 1 N–H and O–H groups in total. The number of ether oxygens (including phenoxy) is 1. The average Bonchev–Trinajstić information content (AvgIpc) is 3.07. The minimum Gasteiger partial charge on any atom is -0.472 e. The van der Waals surface area contributed by atoms with Crippen molar-refractivity contribution < 1.29 is 18.8 Å². The van der Waals surface area contributed by atoms with Gasteiger partial charge in [-0.1, -0.05) is 5.16 Å². The zero-order valence-electron chi connectivity index (χ0n) is 15.1. The third kappa shape index (κ3) is 4.69. The molecule has 26 heavy (non-hydrogen) atoms. The lowest BCUT2D eigenvalue weighted by molar-refractivity contribution is -0.114. The molecule has 2 rings (SSSR count). The number of benzene rings is 1. The van der Waals surface area contributed by atoms with Gasteiger partial charge in [-0.3, -0.25) is 4.79 Å². The van der Waals surface area contributed by atoms with E-state index < -0.39 is 0 Å². The summed E-state index contributed by atoms with van der Waals surface area (Å²) in [6.07, 6.45) is 3.43. The second kappa shape index (κ2) is 8.80. The molecule has 0 aliphatic carbocycles. The van der Waals surface area contributed by atoms with E-state index in [9.17, 15) is 9.18 Å². The van der Waals surface area contributed by atoms with Crippen LogP contribution >= 0.6 is 0 Å². The zero-order chi connectivity index (χ0) is 19.1. The van der Waals surface area contributed by atoms with E-state index in [0.29, 0.717) is 11.5 Å². The molecule has 0 aliphatic rings. The van der Waals surface area contributed by atoms with Crippen LogP contribution in [0.15, 0.2) is 47.3 Å². The largest absolute Gasteiger partial charge is 0.472 e. The van der Waals surface area contributed by atoms with Crippen molar-refractivity contribution in [3.63, 3.8) is 0 Å². The summed E-state index contributed by atoms with van der Waals surface area (Å²) in [4.78, 5) is 16.4. The molecule has 0 bridgehead atoms. The van der Waals surface area contributed by atoms with Gasteiger partial charge in [-0.25, -0.2) is 9.07 Å². The Labute approximate surface area is 151 Å². The molecule has 0 spiro atoms. The van der Waals surface area contributed by atoms with E-state index in [0.717, 1.165) is 11.3 Å². The van der Waals surface area contributed by atoms with Crippen molar-refractivity contribution in [3.05, 3.63) is 53.5 Å². The summed E-state index contributed by atoms with van der Waals surface area (Å²) in [6, 6.07) is 6.18. The zero-order valence-corrected chi connectivity index (χ0v) is 15.1. The van der Waals surface area contributed by atoms with E-state index >= 15 is 0 Å². The van der Waals surface area contributed by atoms with Crippen LogP contribution in [-0.4, -0.2) is 42.2 Å². The van der Waals surface area contributed by atoms with E-state index in [1.165, 1.54) is 26.3 Å². The van der Waals surface area contributed by atoms with Gasteiger partial charge in [-0.2, -0.15) is 0 Å². The number of rotatable bonds is 7. The highest BCUT2D eigenvalue weighted by Gasteiger charge is 2.12. The Morgan fingerprint density at radius 2 is 2.19 bits per heavy atom. The molecule has 1 amide bonds. The highest BCUT2D eigenvalue weighted by atomic mass is 19.1. The molecule has 0 saturated carbocycles. The molecule has 2 aromatic rings. The minimum absolute atomic E-state index is 0.172. The summed E-state index contributed by atoms with van der Waals surface area (Å²) >= 11 is 0. The predicted octanol–water partition coefficient (Wildman–Crippen LogP) is 2.39. The predicted molar refractivity (Wildman–Crippen MR) is 96.0 cm³/mol. The number of aryl methyl sites for hydroxylation is 1. The highest BCUT2D eigenvalue weighted by Crippen LogP contribution is 2.17. The summed E-state index contributed by atoms with van der Waals surface area (Å²) < 4.78 is 20.4. The number of aromatic nitrogens is 2. The van der Waals surface area contributed by atoms with Gasteiger partial charge in [-0.15, -0.1) is 5.10 Å². The van der Waals surface area contributed by atoms with Crippen molar-refractivity contribution in [1.82, 2.24) is 15.1 Å². The quantitative estimate of drug-likeness (QED) is 0.607. The van der Waals surface area contributed by atoms with Crippen molar-refractivity contribution in [2.24, 2.45) is 5.16 Å². The SMILES string of the molecule is CNC(=O)C(=N/OC)/C(C)=C/COc1ccn(-c2ccc(F)cc2C)n1. The number of carbonyl (C=O) groups excluding carboxylic acids is 1. The number of halogens is 1. The first-order valence-electron chi connectivity index (χ1n) is 7.91. The second-order valence-electron chi connectivity index (χ2n) is 5.43. The van der Waals surface area contributed by atoms with E-state index in [1.807, 2.05) is 6.92 Å². The fourth-order valence-electron chi connectivity index (χ4n) is 2.25. The summed E-state index contributed by atoms with van der Waals surface area (Å²) in [5, 5.41) is 10.5. The molecule has 1 aromatic heterocycles. The normalized spacial score (nSPS) is 12.0. The summed E-state index contributed by atoms with van der Waals surface area (Å²) in [6.45, 7) is 3.74. The number of carbonyl (C=O) groups is 1. The maximum Gasteiger partial charge on any atom is 0.273 e. The molecule has 1 heterocycles. The standard InChI is InChI=1S/C18H21FN4O3/c1-12(17(22-25-4)18(24)20-3)8-10-26-16-7-9-23(21-16)15-6-5-14(19)11-13(15)2/h5-9,11H,10H2,1-4H3,(H,20,24)/b12-8+,22-17+. The molecule has 0 unspecified atom stereocenters. The number of oxime groups is 1. The van der Waals surface area contributed by atoms with Gasteiger partial charge in [0.05, 0.1) is 5.69 Å². The monoisotopic (exact) mass is 360 g/mol. The van der Waals surface area contributed by atoms with Crippen LogP contribution in [-0.2, 0) is 9.63 Å². The molecular formula is C18H21FN4O3. The lowest BCUT2D eigenvalue weighted by Gasteiger charge is -2.06. The van der Waals surface area contributed by atoms with Crippen LogP contribution in [0.5, 0.6) is 5.88 Å². The van der Waals surface area contributed by atoms with Crippen LogP contribution in [0, 0.1) is 12.7 Å². The lowest BCUT2D eigenvalue weighted by Crippen LogP contribution is -2.28. The van der Waals surface area contributed by atoms with E-state index in [4.69, 9.17) is 4.74 Å². The number of nitrogens with zero attached hydrogens (tertiary/aromatic N) is 3. The molecule has 138 valence electrons. The third-order valence-electron chi connectivity index (χ3n) is 3.59. The Morgan fingerprint density at radius 3 is 2.85 bits per heavy atom. The smallest absolute Gasteiger partial charge is 0.273 e. The summed E-state index contributed by atoms with van der Waals surface area (Å²) in [5.74, 6) is -0.236. The van der Waals surface area contributed by atoms with Gasteiger partial charge in [0.2, 0.25) is 5.88 Å². The molecule has 0 saturated heterocycles.